The molecule has 3 rings (SSSR count). The highest BCUT2D eigenvalue weighted by molar-refractivity contribution is 6.13. The maximum Gasteiger partial charge on any atom is 0.258 e. The molecular weight excluding hydrogens is 616 g/mol. The molecule has 0 spiro atoms. The molecule has 0 bridgehead atoms. The van der Waals surface area contributed by atoms with E-state index in [1.807, 2.05) is 126 Å². The number of benzene rings is 3. The second-order valence-electron chi connectivity index (χ2n) is 14.7. The standard InChI is InChI=1S/C40H54N4O5/c1-27(2)21-33(42)37(47)43-34(24-30-19-13-8-14-20-30)39(49)44(36(46)26-40(3,4)5)38(48)31(22-28-15-9-6-10-16-28)25-35(45)32(41)23-29-17-11-7-12-18-29/h6-20,27,31-35,45H,21-26,41-42H2,1-5H3,(H,43,47)/t31-,32+,33+,34+,35+/m1/s1. The van der Waals surface area contributed by atoms with Crippen molar-refractivity contribution in [1.82, 2.24) is 10.2 Å². The summed E-state index contributed by atoms with van der Waals surface area (Å²) in [6.07, 6.45) is -0.315. The number of hydrogen-bond acceptors (Lipinski definition) is 7. The number of rotatable bonds is 16. The Morgan fingerprint density at radius 1 is 0.714 bits per heavy atom. The van der Waals surface area contributed by atoms with E-state index < -0.39 is 59.2 Å². The van der Waals surface area contributed by atoms with Crippen LogP contribution in [0.1, 0.15) is 70.6 Å². The van der Waals surface area contributed by atoms with Gasteiger partial charge in [-0.15, -0.1) is 0 Å². The van der Waals surface area contributed by atoms with Gasteiger partial charge < -0.3 is 21.9 Å². The largest absolute Gasteiger partial charge is 0.391 e. The number of nitrogens with one attached hydrogen (secondary N) is 1. The Labute approximate surface area is 291 Å². The first kappa shape index (κ1) is 39.3. The molecule has 0 saturated heterocycles. The van der Waals surface area contributed by atoms with Crippen LogP contribution in [0.2, 0.25) is 0 Å². The Morgan fingerprint density at radius 2 is 1.18 bits per heavy atom. The molecule has 5 atom stereocenters. The Morgan fingerprint density at radius 3 is 1.65 bits per heavy atom. The summed E-state index contributed by atoms with van der Waals surface area (Å²) in [4.78, 5) is 57.2. The molecule has 3 aromatic rings. The summed E-state index contributed by atoms with van der Waals surface area (Å²) in [6, 6.07) is 25.0. The van der Waals surface area contributed by atoms with Crippen molar-refractivity contribution in [1.29, 1.82) is 0 Å². The van der Waals surface area contributed by atoms with Gasteiger partial charge >= 0.3 is 0 Å². The maximum absolute atomic E-state index is 14.6. The molecule has 9 nitrogen and oxygen atoms in total. The average molecular weight is 671 g/mol. The Hall–Kier alpha value is -4.18. The van der Waals surface area contributed by atoms with Crippen LogP contribution in [-0.4, -0.2) is 57.9 Å². The predicted octanol–water partition coefficient (Wildman–Crippen LogP) is 4.59. The SMILES string of the molecule is CC(C)C[C@H](N)C(=O)N[C@@H](Cc1ccccc1)C(=O)N(C(=O)CC(C)(C)C)C(=O)[C@H](Cc1ccccc1)C[C@H](O)[C@@H](N)Cc1ccccc1. The van der Waals surface area contributed by atoms with E-state index in [0.717, 1.165) is 16.7 Å². The molecule has 0 aliphatic carbocycles. The van der Waals surface area contributed by atoms with Gasteiger partial charge in [-0.1, -0.05) is 126 Å². The molecule has 3 aromatic carbocycles. The molecule has 0 aliphatic rings. The monoisotopic (exact) mass is 670 g/mol. The Balaban J connectivity index is 2.02. The molecule has 264 valence electrons. The third-order valence-corrected chi connectivity index (χ3v) is 8.34. The summed E-state index contributed by atoms with van der Waals surface area (Å²) in [6.45, 7) is 9.43. The zero-order valence-corrected chi connectivity index (χ0v) is 29.5. The van der Waals surface area contributed by atoms with Crippen LogP contribution in [-0.2, 0) is 38.4 Å². The second kappa shape index (κ2) is 18.5. The van der Waals surface area contributed by atoms with Crippen LogP contribution in [0.5, 0.6) is 0 Å². The van der Waals surface area contributed by atoms with Gasteiger partial charge in [0.05, 0.1) is 12.1 Å². The average Bonchev–Trinajstić information content (AvgIpc) is 3.04. The van der Waals surface area contributed by atoms with Crippen LogP contribution in [0.3, 0.4) is 0 Å². The fourth-order valence-electron chi connectivity index (χ4n) is 5.83. The van der Waals surface area contributed by atoms with Crippen molar-refractivity contribution in [2.24, 2.45) is 28.7 Å². The van der Waals surface area contributed by atoms with Crippen molar-refractivity contribution in [3.8, 4) is 0 Å². The van der Waals surface area contributed by atoms with Gasteiger partial charge in [0.25, 0.3) is 5.91 Å². The summed E-state index contributed by atoms with van der Waals surface area (Å²) in [7, 11) is 0. The number of nitrogens with zero attached hydrogens (tertiary/aromatic N) is 1. The molecule has 0 radical (unpaired) electrons. The zero-order valence-electron chi connectivity index (χ0n) is 29.5. The molecule has 0 heterocycles. The molecule has 0 saturated carbocycles. The van der Waals surface area contributed by atoms with E-state index >= 15 is 0 Å². The highest BCUT2D eigenvalue weighted by Crippen LogP contribution is 2.25. The summed E-state index contributed by atoms with van der Waals surface area (Å²) < 4.78 is 0. The third kappa shape index (κ3) is 13.0. The van der Waals surface area contributed by atoms with E-state index in [9.17, 15) is 24.3 Å². The topological polar surface area (TPSA) is 156 Å². The van der Waals surface area contributed by atoms with Gasteiger partial charge in [-0.2, -0.15) is 0 Å². The van der Waals surface area contributed by atoms with Gasteiger partial charge in [0.15, 0.2) is 0 Å². The van der Waals surface area contributed by atoms with Crippen molar-refractivity contribution >= 4 is 23.6 Å². The van der Waals surface area contributed by atoms with E-state index in [0.29, 0.717) is 17.7 Å². The zero-order chi connectivity index (χ0) is 36.1. The molecule has 0 aliphatic heterocycles. The first-order chi connectivity index (χ1) is 23.1. The van der Waals surface area contributed by atoms with E-state index in [1.165, 1.54) is 0 Å². The van der Waals surface area contributed by atoms with E-state index in [-0.39, 0.29) is 31.6 Å². The van der Waals surface area contributed by atoms with Crippen LogP contribution in [0.25, 0.3) is 0 Å². The van der Waals surface area contributed by atoms with Gasteiger partial charge in [-0.05, 0) is 53.7 Å². The van der Waals surface area contributed by atoms with Crippen molar-refractivity contribution < 1.29 is 24.3 Å². The summed E-state index contributed by atoms with van der Waals surface area (Å²) in [5.41, 5.74) is 14.6. The van der Waals surface area contributed by atoms with Crippen molar-refractivity contribution in [3.05, 3.63) is 108 Å². The first-order valence-electron chi connectivity index (χ1n) is 17.2. The van der Waals surface area contributed by atoms with Crippen molar-refractivity contribution in [2.45, 2.75) is 97.4 Å². The highest BCUT2D eigenvalue weighted by Gasteiger charge is 2.40. The first-order valence-corrected chi connectivity index (χ1v) is 17.2. The van der Waals surface area contributed by atoms with Crippen LogP contribution < -0.4 is 16.8 Å². The van der Waals surface area contributed by atoms with Gasteiger partial charge in [0, 0.05) is 24.8 Å². The lowest BCUT2D eigenvalue weighted by molar-refractivity contribution is -0.159. The van der Waals surface area contributed by atoms with Crippen molar-refractivity contribution in [2.75, 3.05) is 0 Å². The van der Waals surface area contributed by atoms with Crippen LogP contribution in [0, 0.1) is 17.3 Å². The van der Waals surface area contributed by atoms with Gasteiger partial charge in [-0.3, -0.25) is 19.2 Å². The fourth-order valence-corrected chi connectivity index (χ4v) is 5.83. The number of carbonyl (C=O) groups excluding carboxylic acids is 4. The minimum Gasteiger partial charge on any atom is -0.391 e. The van der Waals surface area contributed by atoms with Crippen LogP contribution in [0.4, 0.5) is 0 Å². The molecule has 6 N–H and O–H groups in total. The number of aliphatic hydroxyl groups excluding tert-OH is 1. The lowest BCUT2D eigenvalue weighted by atomic mass is 9.87. The smallest absolute Gasteiger partial charge is 0.258 e. The number of nitrogens with two attached hydrogens (primary N) is 2. The number of aliphatic hydroxyl groups is 1. The fraction of sp³-hybridized carbons (Fsp3) is 0.450. The molecule has 0 fully saturated rings. The molecular formula is C40H54N4O5. The number of imide groups is 3. The molecule has 0 aromatic heterocycles. The number of hydrogen-bond donors (Lipinski definition) is 4. The van der Waals surface area contributed by atoms with Gasteiger partial charge in [0.1, 0.15) is 6.04 Å². The van der Waals surface area contributed by atoms with Crippen LogP contribution >= 0.6 is 0 Å². The quantitative estimate of drug-likeness (QED) is 0.174. The predicted molar refractivity (Wildman–Crippen MR) is 193 cm³/mol. The van der Waals surface area contributed by atoms with E-state index in [1.54, 1.807) is 0 Å². The summed E-state index contributed by atoms with van der Waals surface area (Å²) in [5, 5.41) is 14.1. The minimum atomic E-state index is -1.25. The number of carbonyl (C=O) groups is 4. The Kier molecular flexibility index (Phi) is 14.9. The Bertz CT molecular complexity index is 1490. The highest BCUT2D eigenvalue weighted by atomic mass is 16.3. The number of amides is 4. The van der Waals surface area contributed by atoms with E-state index in [4.69, 9.17) is 11.5 Å². The lowest BCUT2D eigenvalue weighted by Gasteiger charge is -2.32. The summed E-state index contributed by atoms with van der Waals surface area (Å²) >= 11 is 0. The maximum atomic E-state index is 14.6. The lowest BCUT2D eigenvalue weighted by Crippen LogP contribution is -2.57. The van der Waals surface area contributed by atoms with Crippen LogP contribution in [0.15, 0.2) is 91.0 Å². The molecule has 9 heteroatoms. The molecule has 0 unspecified atom stereocenters. The second-order valence-corrected chi connectivity index (χ2v) is 14.7. The van der Waals surface area contributed by atoms with Gasteiger partial charge in [-0.25, -0.2) is 4.90 Å². The van der Waals surface area contributed by atoms with E-state index in [2.05, 4.69) is 5.32 Å². The summed E-state index contributed by atoms with van der Waals surface area (Å²) in [5.74, 6) is -3.64. The normalized spacial score (nSPS) is 14.7. The third-order valence-electron chi connectivity index (χ3n) is 8.34. The minimum absolute atomic E-state index is 0.0420. The molecule has 4 amide bonds. The molecule has 49 heavy (non-hydrogen) atoms. The van der Waals surface area contributed by atoms with Gasteiger partial charge in [0.2, 0.25) is 17.7 Å². The van der Waals surface area contributed by atoms with Crippen molar-refractivity contribution in [3.63, 3.8) is 0 Å².